The third kappa shape index (κ3) is 6.32. The number of anilines is 1. The van der Waals surface area contributed by atoms with E-state index >= 15 is 0 Å². The van der Waals surface area contributed by atoms with Gasteiger partial charge in [0.05, 0.1) is 30.3 Å². The molecule has 2 aromatic carbocycles. The summed E-state index contributed by atoms with van der Waals surface area (Å²) in [4.78, 5) is 21.1. The van der Waals surface area contributed by atoms with Crippen LogP contribution in [0.1, 0.15) is 55.7 Å². The van der Waals surface area contributed by atoms with Crippen molar-refractivity contribution in [3.8, 4) is 0 Å². The van der Waals surface area contributed by atoms with Gasteiger partial charge in [-0.3, -0.25) is 9.10 Å². The third-order valence-electron chi connectivity index (χ3n) is 8.37. The fraction of sp³-hybridized carbons (Fsp3) is 0.375. The van der Waals surface area contributed by atoms with Gasteiger partial charge < -0.3 is 4.90 Å². The van der Waals surface area contributed by atoms with Gasteiger partial charge in [-0.05, 0) is 79.1 Å². The van der Waals surface area contributed by atoms with Crippen molar-refractivity contribution in [3.05, 3.63) is 107 Å². The minimum absolute atomic E-state index is 0.00185. The molecule has 1 aromatic heterocycles. The predicted molar refractivity (Wildman–Crippen MR) is 166 cm³/mol. The number of aromatic nitrogens is 1. The van der Waals surface area contributed by atoms with Crippen LogP contribution in [0, 0.1) is 11.3 Å². The number of hydrogen-bond donors (Lipinski definition) is 0. The Morgan fingerprint density at radius 1 is 1.07 bits per heavy atom. The molecule has 0 N–H and O–H groups in total. The minimum atomic E-state index is -3.69. The Morgan fingerprint density at radius 3 is 2.39 bits per heavy atom. The summed E-state index contributed by atoms with van der Waals surface area (Å²) in [5.41, 5.74) is 1.25. The van der Waals surface area contributed by atoms with Gasteiger partial charge in [-0.1, -0.05) is 66.5 Å². The smallest absolute Gasteiger partial charge is 0.233 e. The summed E-state index contributed by atoms with van der Waals surface area (Å²) >= 11 is 12.8. The average Bonchev–Trinajstić information content (AvgIpc) is 3.77. The Bertz CT molecular complexity index is 1510. The molecule has 0 spiro atoms. The molecule has 1 amide bonds. The summed E-state index contributed by atoms with van der Waals surface area (Å²) in [6.45, 7) is 6.08. The van der Waals surface area contributed by atoms with E-state index in [0.29, 0.717) is 28.7 Å². The maximum atomic E-state index is 14.7. The van der Waals surface area contributed by atoms with E-state index in [1.807, 2.05) is 54.3 Å². The molecule has 1 saturated heterocycles. The predicted octanol–water partition coefficient (Wildman–Crippen LogP) is 7.27. The van der Waals surface area contributed by atoms with E-state index in [0.717, 1.165) is 24.0 Å². The number of sulfonamides is 1. The van der Waals surface area contributed by atoms with Gasteiger partial charge in [0.1, 0.15) is 5.82 Å². The van der Waals surface area contributed by atoms with Gasteiger partial charge in [-0.25, -0.2) is 13.4 Å². The van der Waals surface area contributed by atoms with Gasteiger partial charge >= 0.3 is 0 Å². The third-order valence-corrected chi connectivity index (χ3v) is 9.99. The molecular formula is C32H35Cl2N3O3S. The number of amides is 1. The number of rotatable bonds is 10. The monoisotopic (exact) mass is 611 g/mol. The van der Waals surface area contributed by atoms with Crippen LogP contribution in [-0.4, -0.2) is 43.1 Å². The molecule has 2 fully saturated rings. The van der Waals surface area contributed by atoms with Crippen LogP contribution in [0.4, 0.5) is 5.82 Å². The Morgan fingerprint density at radius 2 is 1.80 bits per heavy atom. The lowest BCUT2D eigenvalue weighted by atomic mass is 9.67. The number of carbonyl (C=O) groups excluding carboxylic acids is 1. The quantitative estimate of drug-likeness (QED) is 0.226. The van der Waals surface area contributed by atoms with Crippen LogP contribution < -0.4 is 4.31 Å². The summed E-state index contributed by atoms with van der Waals surface area (Å²) in [6.07, 6.45) is 7.50. The highest BCUT2D eigenvalue weighted by atomic mass is 35.5. The van der Waals surface area contributed by atoms with Crippen LogP contribution in [0.3, 0.4) is 0 Å². The normalized spacial score (nSPS) is 23.7. The average molecular weight is 613 g/mol. The molecular weight excluding hydrogens is 577 g/mol. The molecule has 2 aliphatic rings. The van der Waals surface area contributed by atoms with Gasteiger partial charge in [-0.15, -0.1) is 6.58 Å². The van der Waals surface area contributed by atoms with E-state index in [9.17, 15) is 13.2 Å². The second-order valence-electron chi connectivity index (χ2n) is 11.5. The first kappa shape index (κ1) is 29.6. The largest absolute Gasteiger partial charge is 0.329 e. The number of carbonyl (C=O) groups is 1. The fourth-order valence-electron chi connectivity index (χ4n) is 6.27. The van der Waals surface area contributed by atoms with Crippen molar-refractivity contribution >= 4 is 45.0 Å². The lowest BCUT2D eigenvalue weighted by Gasteiger charge is -2.52. The van der Waals surface area contributed by atoms with E-state index in [2.05, 4.69) is 17.6 Å². The number of halogens is 2. The molecule has 4 atom stereocenters. The topological polar surface area (TPSA) is 70.6 Å². The van der Waals surface area contributed by atoms with Crippen LogP contribution in [0.15, 0.2) is 85.6 Å². The van der Waals surface area contributed by atoms with Crippen LogP contribution >= 0.6 is 23.2 Å². The van der Waals surface area contributed by atoms with Crippen molar-refractivity contribution in [2.75, 3.05) is 17.1 Å². The molecule has 216 valence electrons. The van der Waals surface area contributed by atoms with Crippen LogP contribution in [0.5, 0.6) is 0 Å². The van der Waals surface area contributed by atoms with Crippen LogP contribution in [0.2, 0.25) is 10.0 Å². The highest BCUT2D eigenvalue weighted by molar-refractivity contribution is 7.92. The molecule has 9 heteroatoms. The Labute approximate surface area is 253 Å². The highest BCUT2D eigenvalue weighted by Crippen LogP contribution is 2.54. The van der Waals surface area contributed by atoms with Gasteiger partial charge in [0.25, 0.3) is 0 Å². The number of piperidine rings is 1. The molecule has 0 radical (unpaired) electrons. The molecule has 6 nitrogen and oxygen atoms in total. The standard InChI is InChI=1S/C32H35Cl2N3O3S/c1-4-17-32(2)20-27(24-8-7-9-26(34)19-24)30(23-13-15-25(33)16-14-23)37(31(32)38)28(22-11-12-22)21-36(41(3,39)40)29-10-5-6-18-35-29/h4-10,13-16,18-19,22,27-28,30H,1,11-12,17,20-21H2,2-3H3/t27-,28-,30?,32+/m1/s1. The maximum absolute atomic E-state index is 14.7. The Balaban J connectivity index is 1.69. The zero-order valence-electron chi connectivity index (χ0n) is 23.3. The molecule has 1 aliphatic carbocycles. The number of allylic oxidation sites excluding steroid dienone is 1. The Hall–Kier alpha value is -2.87. The zero-order chi connectivity index (χ0) is 29.4. The van der Waals surface area contributed by atoms with Crippen molar-refractivity contribution in [3.63, 3.8) is 0 Å². The van der Waals surface area contributed by atoms with Crippen LogP contribution in [0.25, 0.3) is 0 Å². The van der Waals surface area contributed by atoms with Crippen molar-refractivity contribution in [1.29, 1.82) is 0 Å². The van der Waals surface area contributed by atoms with E-state index < -0.39 is 15.4 Å². The second-order valence-corrected chi connectivity index (χ2v) is 14.3. The molecule has 3 aromatic rings. The molecule has 5 rings (SSSR count). The second kappa shape index (κ2) is 11.8. The van der Waals surface area contributed by atoms with Gasteiger partial charge in [0, 0.05) is 22.2 Å². The minimum Gasteiger partial charge on any atom is -0.329 e. The summed E-state index contributed by atoms with van der Waals surface area (Å²) in [5, 5.41) is 1.23. The number of pyridine rings is 1. The molecule has 41 heavy (non-hydrogen) atoms. The van der Waals surface area contributed by atoms with Crippen molar-refractivity contribution in [1.82, 2.24) is 9.88 Å². The molecule has 1 unspecified atom stereocenters. The zero-order valence-corrected chi connectivity index (χ0v) is 25.6. The van der Waals surface area contributed by atoms with Crippen molar-refractivity contribution in [2.24, 2.45) is 11.3 Å². The van der Waals surface area contributed by atoms with Gasteiger partial charge in [0.15, 0.2) is 0 Å². The maximum Gasteiger partial charge on any atom is 0.233 e. The van der Waals surface area contributed by atoms with E-state index in [-0.39, 0.29) is 36.4 Å². The number of hydrogen-bond acceptors (Lipinski definition) is 4. The molecule has 1 aliphatic heterocycles. The summed E-state index contributed by atoms with van der Waals surface area (Å²) < 4.78 is 27.7. The molecule has 2 heterocycles. The van der Waals surface area contributed by atoms with E-state index in [4.69, 9.17) is 23.2 Å². The van der Waals surface area contributed by atoms with Crippen molar-refractivity contribution in [2.45, 2.75) is 50.6 Å². The van der Waals surface area contributed by atoms with Crippen molar-refractivity contribution < 1.29 is 13.2 Å². The van der Waals surface area contributed by atoms with E-state index in [1.54, 1.807) is 30.5 Å². The number of likely N-dealkylation sites (tertiary alicyclic amines) is 1. The molecule has 1 saturated carbocycles. The van der Waals surface area contributed by atoms with Gasteiger partial charge in [0.2, 0.25) is 15.9 Å². The first-order valence-corrected chi connectivity index (χ1v) is 16.5. The first-order chi connectivity index (χ1) is 19.5. The van der Waals surface area contributed by atoms with E-state index in [1.165, 1.54) is 10.6 Å². The first-order valence-electron chi connectivity index (χ1n) is 13.8. The molecule has 0 bridgehead atoms. The van der Waals surface area contributed by atoms with Crippen LogP contribution in [-0.2, 0) is 14.8 Å². The lowest BCUT2D eigenvalue weighted by molar-refractivity contribution is -0.154. The summed E-state index contributed by atoms with van der Waals surface area (Å²) in [6, 6.07) is 19.9. The summed E-state index contributed by atoms with van der Waals surface area (Å²) in [5.74, 6) is 0.406. The summed E-state index contributed by atoms with van der Waals surface area (Å²) in [7, 11) is -3.69. The lowest BCUT2D eigenvalue weighted by Crippen LogP contribution is -2.59. The number of nitrogens with zero attached hydrogens (tertiary/aromatic N) is 3. The fourth-order valence-corrected chi connectivity index (χ4v) is 7.46. The van der Waals surface area contributed by atoms with Gasteiger partial charge in [-0.2, -0.15) is 0 Å². The highest BCUT2D eigenvalue weighted by Gasteiger charge is 2.54. The number of benzene rings is 2. The SMILES string of the molecule is C=CC[C@@]1(C)C[C@H](c2cccc(Cl)c2)C(c2ccc(Cl)cc2)N([C@H](CN(c2ccccn2)S(C)(=O)=O)C2CC2)C1=O. The Kier molecular flexibility index (Phi) is 8.51.